The molecule has 2 saturated carbocycles. The zero-order valence-corrected chi connectivity index (χ0v) is 41.2. The van der Waals surface area contributed by atoms with Gasteiger partial charge < -0.3 is 28.5 Å². The van der Waals surface area contributed by atoms with Crippen molar-refractivity contribution >= 4 is 30.6 Å². The summed E-state index contributed by atoms with van der Waals surface area (Å²) in [6, 6.07) is 29.4. The Balaban J connectivity index is 0.000000241. The molecule has 9 nitrogen and oxygen atoms in total. The molecule has 0 amide bonds. The summed E-state index contributed by atoms with van der Waals surface area (Å²) in [5.74, 6) is 1.70. The zero-order chi connectivity index (χ0) is 46.4. The van der Waals surface area contributed by atoms with Gasteiger partial charge in [-0.15, -0.1) is 0 Å². The summed E-state index contributed by atoms with van der Waals surface area (Å²) in [4.78, 5) is 27.8. The van der Waals surface area contributed by atoms with E-state index in [0.717, 1.165) is 93.4 Å². The Morgan fingerprint density at radius 1 is 0.750 bits per heavy atom. The fraction of sp³-hybridized carbons (Fsp3) is 0.574. The molecule has 0 radical (unpaired) electrons. The highest BCUT2D eigenvalue weighted by molar-refractivity contribution is 6.99. The number of aryl methyl sites for hydroxylation is 1. The first kappa shape index (κ1) is 50.7. The van der Waals surface area contributed by atoms with Crippen LogP contribution in [0.2, 0.25) is 5.04 Å². The van der Waals surface area contributed by atoms with Gasteiger partial charge in [-0.3, -0.25) is 9.59 Å². The van der Waals surface area contributed by atoms with Crippen LogP contribution in [-0.4, -0.2) is 54.8 Å². The van der Waals surface area contributed by atoms with Crippen LogP contribution < -0.4 is 15.1 Å². The van der Waals surface area contributed by atoms with Crippen molar-refractivity contribution in [3.63, 3.8) is 0 Å². The van der Waals surface area contributed by atoms with Crippen LogP contribution in [0.15, 0.2) is 89.3 Å². The number of nitrogens with zero attached hydrogens (tertiary/aromatic N) is 1. The molecule has 1 heterocycles. The number of methoxy groups -OCH3 is 1. The molecular formula is C54H77NO8Si. The number of carboxylic acids is 2. The van der Waals surface area contributed by atoms with Crippen molar-refractivity contribution < 1.29 is 38.1 Å². The second-order valence-electron chi connectivity index (χ2n) is 20.2. The van der Waals surface area contributed by atoms with Crippen LogP contribution in [0.1, 0.15) is 137 Å². The molecule has 350 valence electrons. The number of oxazole rings is 1. The minimum absolute atomic E-state index is 0.0192. The summed E-state index contributed by atoms with van der Waals surface area (Å²) in [5, 5.41) is 21.7. The van der Waals surface area contributed by atoms with E-state index in [2.05, 4.69) is 86.4 Å². The van der Waals surface area contributed by atoms with Gasteiger partial charge in [-0.1, -0.05) is 141 Å². The van der Waals surface area contributed by atoms with Gasteiger partial charge in [0.2, 0.25) is 5.89 Å². The van der Waals surface area contributed by atoms with Gasteiger partial charge in [0.25, 0.3) is 8.32 Å². The Morgan fingerprint density at radius 2 is 1.27 bits per heavy atom. The number of hydrogen-bond donors (Lipinski definition) is 2. The summed E-state index contributed by atoms with van der Waals surface area (Å²) in [6.45, 7) is 17.4. The van der Waals surface area contributed by atoms with E-state index in [9.17, 15) is 19.8 Å². The van der Waals surface area contributed by atoms with Crippen molar-refractivity contribution in [2.24, 2.45) is 35.5 Å². The third kappa shape index (κ3) is 13.6. The quantitative estimate of drug-likeness (QED) is 0.0884. The van der Waals surface area contributed by atoms with E-state index in [1.165, 1.54) is 16.8 Å². The molecule has 2 aliphatic rings. The first-order chi connectivity index (χ1) is 30.5. The lowest BCUT2D eigenvalue weighted by molar-refractivity contribution is -0.144. The van der Waals surface area contributed by atoms with Crippen molar-refractivity contribution in [1.29, 1.82) is 0 Å². The van der Waals surface area contributed by atoms with E-state index in [0.29, 0.717) is 24.3 Å². The number of carbonyl (C=O) groups is 2. The molecule has 1 aromatic heterocycles. The predicted molar refractivity (Wildman–Crippen MR) is 259 cm³/mol. The van der Waals surface area contributed by atoms with Crippen LogP contribution in [0.3, 0.4) is 0 Å². The molecule has 4 aromatic rings. The molecule has 0 bridgehead atoms. The van der Waals surface area contributed by atoms with Gasteiger partial charge in [-0.05, 0) is 116 Å². The Morgan fingerprint density at radius 3 is 1.75 bits per heavy atom. The lowest BCUT2D eigenvalue weighted by atomic mass is 9.81. The highest BCUT2D eigenvalue weighted by Crippen LogP contribution is 2.41. The first-order valence-corrected chi connectivity index (χ1v) is 25.9. The van der Waals surface area contributed by atoms with Crippen molar-refractivity contribution in [3.05, 3.63) is 96.4 Å². The van der Waals surface area contributed by atoms with Gasteiger partial charge in [0.1, 0.15) is 17.2 Å². The van der Waals surface area contributed by atoms with Gasteiger partial charge in [-0.25, -0.2) is 4.98 Å². The van der Waals surface area contributed by atoms with Crippen LogP contribution in [0.25, 0.3) is 11.5 Å². The summed E-state index contributed by atoms with van der Waals surface area (Å²) >= 11 is 0. The van der Waals surface area contributed by atoms with Crippen molar-refractivity contribution in [3.8, 4) is 17.2 Å². The molecule has 64 heavy (non-hydrogen) atoms. The summed E-state index contributed by atoms with van der Waals surface area (Å²) < 4.78 is 24.7. The lowest BCUT2D eigenvalue weighted by Crippen LogP contribution is -2.67. The largest absolute Gasteiger partial charge is 0.497 e. The second-order valence-corrected chi connectivity index (χ2v) is 24.4. The second kappa shape index (κ2) is 23.8. The van der Waals surface area contributed by atoms with E-state index >= 15 is 0 Å². The maximum Gasteiger partial charge on any atom is 0.306 e. The Hall–Kier alpha value is -4.25. The monoisotopic (exact) mass is 896 g/mol. The molecule has 0 saturated heterocycles. The molecule has 2 N–H and O–H groups in total. The van der Waals surface area contributed by atoms with Crippen molar-refractivity contribution in [2.75, 3.05) is 7.11 Å². The van der Waals surface area contributed by atoms with Gasteiger partial charge in [-0.2, -0.15) is 0 Å². The number of carboxylic acid groups (broad SMARTS) is 2. The topological polar surface area (TPSA) is 128 Å². The molecule has 2 aliphatic carbocycles. The number of aliphatic carboxylic acids is 2. The minimum Gasteiger partial charge on any atom is -0.497 e. The third-order valence-electron chi connectivity index (χ3n) is 13.9. The maximum atomic E-state index is 11.7. The third-order valence-corrected chi connectivity index (χ3v) is 19.0. The number of rotatable bonds is 19. The predicted octanol–water partition coefficient (Wildman–Crippen LogP) is 12.1. The van der Waals surface area contributed by atoms with Crippen molar-refractivity contribution in [1.82, 2.24) is 4.98 Å². The van der Waals surface area contributed by atoms with Crippen LogP contribution in [-0.2, 0) is 25.4 Å². The molecule has 0 aliphatic heterocycles. The van der Waals surface area contributed by atoms with E-state index in [-0.39, 0.29) is 40.9 Å². The van der Waals surface area contributed by atoms with Crippen LogP contribution >= 0.6 is 0 Å². The summed E-state index contributed by atoms with van der Waals surface area (Å²) in [5.41, 5.74) is 1.70. The smallest absolute Gasteiger partial charge is 0.306 e. The highest BCUT2D eigenvalue weighted by atomic mass is 28.4. The molecule has 0 spiro atoms. The molecular weight excluding hydrogens is 819 g/mol. The van der Waals surface area contributed by atoms with E-state index < -0.39 is 20.3 Å². The molecule has 6 atom stereocenters. The first-order valence-electron chi connectivity index (χ1n) is 24.0. The average Bonchev–Trinajstić information content (AvgIpc) is 3.65. The molecule has 10 heteroatoms. The highest BCUT2D eigenvalue weighted by Gasteiger charge is 2.51. The number of ether oxygens (including phenoxy) is 2. The van der Waals surface area contributed by atoms with Crippen LogP contribution in [0, 0.1) is 42.4 Å². The maximum absolute atomic E-state index is 11.7. The SMILES string of the molecule is CC(C)C(CC[C@H]1CCC[C@@H](O[Si](c2ccccc2)(c2ccccc2)C(C)(C)C)C1)C(=O)O.COc1cccc(-c2nc(CO[C@@H]3CCC[C@H](CCC(C(=O)O)C(C)C)C3)c(C)o2)c1. The van der Waals surface area contributed by atoms with Gasteiger partial charge in [0.15, 0.2) is 0 Å². The van der Waals surface area contributed by atoms with Crippen LogP contribution in [0.5, 0.6) is 5.75 Å². The minimum atomic E-state index is -2.54. The molecule has 2 unspecified atom stereocenters. The van der Waals surface area contributed by atoms with Gasteiger partial charge in [0.05, 0.1) is 31.7 Å². The van der Waals surface area contributed by atoms with E-state index in [1.54, 1.807) is 7.11 Å². The van der Waals surface area contributed by atoms with Gasteiger partial charge >= 0.3 is 11.9 Å². The Kier molecular flexibility index (Phi) is 18.9. The van der Waals surface area contributed by atoms with E-state index in [1.807, 2.05) is 58.9 Å². The normalized spacial score (nSPS) is 20.3. The zero-order valence-electron chi connectivity index (χ0n) is 40.2. The fourth-order valence-electron chi connectivity index (χ4n) is 10.2. The van der Waals surface area contributed by atoms with Crippen LogP contribution in [0.4, 0.5) is 0 Å². The number of benzene rings is 3. The molecule has 6 rings (SSSR count). The fourth-order valence-corrected chi connectivity index (χ4v) is 14.9. The number of aromatic nitrogens is 1. The molecule has 2 fully saturated rings. The summed E-state index contributed by atoms with van der Waals surface area (Å²) in [6.07, 6.45) is 12.7. The lowest BCUT2D eigenvalue weighted by Gasteiger charge is -2.46. The number of hydrogen-bond acceptors (Lipinski definition) is 7. The Labute approximate surface area is 384 Å². The standard InChI is InChI=1S/C29H42O3Si.C25H35NO5/c1-22(2)27(28(30)31)20-19-23-13-12-14-24(21-23)32-33(29(3,4)5,25-15-8-6-9-16-25)26-17-10-7-11-18-26;1-16(2)22(25(27)28)12-11-18-7-5-10-21(13-18)30-15-23-17(3)31-24(26-23)19-8-6-9-20(14-19)29-4/h6-11,15-18,22-24,27H,12-14,19-21H2,1-5H3,(H,30,31);6,8-9,14,16,18,21-22H,5,7,10-13,15H2,1-4H3,(H,27,28)/t23-,24-,27?;18-,21-,22?/m11/s1. The van der Waals surface area contributed by atoms with Gasteiger partial charge in [0, 0.05) is 11.7 Å². The van der Waals surface area contributed by atoms with Crippen molar-refractivity contribution in [2.45, 2.75) is 156 Å². The molecule has 3 aromatic carbocycles. The summed E-state index contributed by atoms with van der Waals surface area (Å²) in [7, 11) is -0.901. The average molecular weight is 896 g/mol. The Bertz CT molecular complexity index is 1990. The van der Waals surface area contributed by atoms with E-state index in [4.69, 9.17) is 18.3 Å².